The highest BCUT2D eigenvalue weighted by Gasteiger charge is 2.25. The number of hydrogen-bond acceptors (Lipinski definition) is 4. The van der Waals surface area contributed by atoms with E-state index in [9.17, 15) is 18.8 Å². The number of esters is 1. The van der Waals surface area contributed by atoms with Gasteiger partial charge in [0.25, 0.3) is 5.91 Å². The molecule has 0 saturated carbocycles. The molecule has 2 rings (SSSR count). The highest BCUT2D eigenvalue weighted by atomic mass is 19.1. The Morgan fingerprint density at radius 3 is 2.37 bits per heavy atom. The molecule has 0 aliphatic carbocycles. The van der Waals surface area contributed by atoms with Crippen LogP contribution in [-0.2, 0) is 14.3 Å². The fraction of sp³-hybridized carbons (Fsp3) is 0.150. The van der Waals surface area contributed by atoms with Crippen molar-refractivity contribution in [1.82, 2.24) is 10.6 Å². The number of urea groups is 1. The van der Waals surface area contributed by atoms with Crippen molar-refractivity contribution in [3.8, 4) is 0 Å². The van der Waals surface area contributed by atoms with Crippen LogP contribution in [-0.4, -0.2) is 24.5 Å². The molecule has 0 bridgehead atoms. The standard InChI is InChI=1S/C20H19FN2O4/c1-2-22-20(26)23-19(25)18(15-6-4-3-5-7-15)27-17(24)13-10-14-8-11-16(21)12-9-14/h3-13,18H,2H2,1H3,(H2,22,23,25,26)/b13-10+/t18-/m0/s1. The van der Waals surface area contributed by atoms with Crippen LogP contribution >= 0.6 is 0 Å². The lowest BCUT2D eigenvalue weighted by Crippen LogP contribution is -2.42. The van der Waals surface area contributed by atoms with Crippen LogP contribution in [0.25, 0.3) is 6.08 Å². The predicted molar refractivity (Wildman–Crippen MR) is 97.9 cm³/mol. The highest BCUT2D eigenvalue weighted by Crippen LogP contribution is 2.18. The van der Waals surface area contributed by atoms with Crippen molar-refractivity contribution in [3.05, 3.63) is 77.6 Å². The number of ether oxygens (including phenoxy) is 1. The van der Waals surface area contributed by atoms with Gasteiger partial charge in [0.2, 0.25) is 6.10 Å². The molecular formula is C20H19FN2O4. The van der Waals surface area contributed by atoms with Crippen molar-refractivity contribution in [2.45, 2.75) is 13.0 Å². The van der Waals surface area contributed by atoms with Crippen LogP contribution in [0, 0.1) is 5.82 Å². The minimum atomic E-state index is -1.29. The van der Waals surface area contributed by atoms with E-state index in [0.29, 0.717) is 17.7 Å². The van der Waals surface area contributed by atoms with E-state index in [1.165, 1.54) is 30.3 Å². The van der Waals surface area contributed by atoms with Crippen molar-refractivity contribution in [2.24, 2.45) is 0 Å². The van der Waals surface area contributed by atoms with E-state index in [-0.39, 0.29) is 5.82 Å². The number of amides is 3. The van der Waals surface area contributed by atoms with E-state index in [0.717, 1.165) is 6.08 Å². The van der Waals surface area contributed by atoms with Crippen LogP contribution in [0.4, 0.5) is 9.18 Å². The zero-order valence-electron chi connectivity index (χ0n) is 14.6. The van der Waals surface area contributed by atoms with Gasteiger partial charge in [-0.3, -0.25) is 10.1 Å². The van der Waals surface area contributed by atoms with Crippen molar-refractivity contribution in [2.75, 3.05) is 6.54 Å². The molecule has 2 N–H and O–H groups in total. The summed E-state index contributed by atoms with van der Waals surface area (Å²) >= 11 is 0. The highest BCUT2D eigenvalue weighted by molar-refractivity contribution is 5.98. The second-order valence-electron chi connectivity index (χ2n) is 5.46. The molecule has 0 spiro atoms. The zero-order valence-corrected chi connectivity index (χ0v) is 14.6. The Morgan fingerprint density at radius 2 is 1.74 bits per heavy atom. The number of rotatable bonds is 6. The summed E-state index contributed by atoms with van der Waals surface area (Å²) in [4.78, 5) is 36.1. The fourth-order valence-corrected chi connectivity index (χ4v) is 2.18. The van der Waals surface area contributed by atoms with Crippen LogP contribution in [0.5, 0.6) is 0 Å². The predicted octanol–water partition coefficient (Wildman–Crippen LogP) is 2.97. The van der Waals surface area contributed by atoms with E-state index < -0.39 is 24.0 Å². The molecule has 0 radical (unpaired) electrons. The van der Waals surface area contributed by atoms with E-state index in [1.807, 2.05) is 0 Å². The number of carbonyl (C=O) groups excluding carboxylic acids is 3. The maximum Gasteiger partial charge on any atom is 0.331 e. The fourth-order valence-electron chi connectivity index (χ4n) is 2.18. The summed E-state index contributed by atoms with van der Waals surface area (Å²) in [6.45, 7) is 2.05. The number of carbonyl (C=O) groups is 3. The van der Waals surface area contributed by atoms with Gasteiger partial charge in [-0.1, -0.05) is 42.5 Å². The third kappa shape index (κ3) is 6.39. The van der Waals surface area contributed by atoms with Gasteiger partial charge in [-0.25, -0.2) is 14.0 Å². The molecule has 2 aromatic carbocycles. The molecule has 1 atom stereocenters. The summed E-state index contributed by atoms with van der Waals surface area (Å²) in [6, 6.07) is 13.2. The second kappa shape index (κ2) is 9.86. The maximum atomic E-state index is 12.9. The molecule has 0 fully saturated rings. The Labute approximate surface area is 156 Å². The van der Waals surface area contributed by atoms with Crippen LogP contribution in [0.15, 0.2) is 60.7 Å². The van der Waals surface area contributed by atoms with E-state index in [2.05, 4.69) is 10.6 Å². The molecular weight excluding hydrogens is 351 g/mol. The van der Waals surface area contributed by atoms with Crippen LogP contribution in [0.2, 0.25) is 0 Å². The number of nitrogens with one attached hydrogen (secondary N) is 2. The lowest BCUT2D eigenvalue weighted by atomic mass is 10.1. The Hall–Kier alpha value is -3.48. The minimum absolute atomic E-state index is 0.343. The summed E-state index contributed by atoms with van der Waals surface area (Å²) < 4.78 is 18.1. The number of halogens is 1. The third-order valence-electron chi connectivity index (χ3n) is 3.43. The molecule has 3 amide bonds. The largest absolute Gasteiger partial charge is 0.444 e. The minimum Gasteiger partial charge on any atom is -0.444 e. The van der Waals surface area contributed by atoms with Crippen molar-refractivity contribution >= 4 is 24.0 Å². The quantitative estimate of drug-likeness (QED) is 0.605. The summed E-state index contributed by atoms with van der Waals surface area (Å²) in [5, 5.41) is 4.56. The first-order valence-electron chi connectivity index (χ1n) is 8.27. The Morgan fingerprint density at radius 1 is 1.07 bits per heavy atom. The van der Waals surface area contributed by atoms with Crippen LogP contribution in [0.3, 0.4) is 0 Å². The molecule has 0 aliphatic rings. The molecule has 0 saturated heterocycles. The molecule has 0 aliphatic heterocycles. The summed E-state index contributed by atoms with van der Waals surface area (Å²) in [6.07, 6.45) is 1.27. The van der Waals surface area contributed by atoms with Gasteiger partial charge < -0.3 is 10.1 Å². The first kappa shape index (κ1) is 19.8. The van der Waals surface area contributed by atoms with E-state index >= 15 is 0 Å². The average molecular weight is 370 g/mol. The second-order valence-corrected chi connectivity index (χ2v) is 5.46. The first-order chi connectivity index (χ1) is 13.0. The van der Waals surface area contributed by atoms with Crippen LogP contribution < -0.4 is 10.6 Å². The first-order valence-corrected chi connectivity index (χ1v) is 8.27. The topological polar surface area (TPSA) is 84.5 Å². The molecule has 0 heterocycles. The summed E-state index contributed by atoms with van der Waals surface area (Å²) in [7, 11) is 0. The molecule has 27 heavy (non-hydrogen) atoms. The molecule has 6 nitrogen and oxygen atoms in total. The van der Waals surface area contributed by atoms with Gasteiger partial charge in [-0.15, -0.1) is 0 Å². The monoisotopic (exact) mass is 370 g/mol. The zero-order chi connectivity index (χ0) is 19.6. The van der Waals surface area contributed by atoms with Gasteiger partial charge in [0, 0.05) is 18.2 Å². The van der Waals surface area contributed by atoms with Crippen LogP contribution in [0.1, 0.15) is 24.2 Å². The van der Waals surface area contributed by atoms with Crippen molar-refractivity contribution in [1.29, 1.82) is 0 Å². The third-order valence-corrected chi connectivity index (χ3v) is 3.43. The van der Waals surface area contributed by atoms with Gasteiger partial charge in [-0.05, 0) is 30.7 Å². The van der Waals surface area contributed by atoms with Gasteiger partial charge >= 0.3 is 12.0 Å². The molecule has 140 valence electrons. The Bertz CT molecular complexity index is 820. The van der Waals surface area contributed by atoms with E-state index in [1.54, 1.807) is 37.3 Å². The normalized spacial score (nSPS) is 11.6. The summed E-state index contributed by atoms with van der Waals surface area (Å²) in [5.41, 5.74) is 1.01. The SMILES string of the molecule is CCNC(=O)NC(=O)[C@@H](OC(=O)/C=C/c1ccc(F)cc1)c1ccccc1. The van der Waals surface area contributed by atoms with Gasteiger partial charge in [0.1, 0.15) is 5.82 Å². The van der Waals surface area contributed by atoms with E-state index in [4.69, 9.17) is 4.74 Å². The van der Waals surface area contributed by atoms with Gasteiger partial charge in [0.05, 0.1) is 0 Å². The molecule has 2 aromatic rings. The number of hydrogen-bond donors (Lipinski definition) is 2. The molecule has 0 aromatic heterocycles. The van der Waals surface area contributed by atoms with Gasteiger partial charge in [0.15, 0.2) is 0 Å². The number of imide groups is 1. The van der Waals surface area contributed by atoms with Crippen molar-refractivity contribution in [3.63, 3.8) is 0 Å². The van der Waals surface area contributed by atoms with Crippen molar-refractivity contribution < 1.29 is 23.5 Å². The Kier molecular flexibility index (Phi) is 7.25. The number of benzene rings is 2. The average Bonchev–Trinajstić information content (AvgIpc) is 2.66. The Balaban J connectivity index is 2.11. The lowest BCUT2D eigenvalue weighted by Gasteiger charge is -2.16. The molecule has 7 heteroatoms. The lowest BCUT2D eigenvalue weighted by molar-refractivity contribution is -0.151. The smallest absolute Gasteiger partial charge is 0.331 e. The summed E-state index contributed by atoms with van der Waals surface area (Å²) in [5.74, 6) is -1.93. The molecule has 0 unspecified atom stereocenters. The maximum absolute atomic E-state index is 12.9. The van der Waals surface area contributed by atoms with Gasteiger partial charge in [-0.2, -0.15) is 0 Å².